The molecule has 17 nitrogen and oxygen atoms in total. The molecule has 3 aromatic heterocycles. The van der Waals surface area contributed by atoms with Gasteiger partial charge in [-0.1, -0.05) is 6.07 Å². The number of aromatic nitrogens is 5. The van der Waals surface area contributed by atoms with Gasteiger partial charge >= 0.3 is 0 Å². The van der Waals surface area contributed by atoms with Crippen molar-refractivity contribution in [2.45, 2.75) is 71.1 Å². The highest BCUT2D eigenvalue weighted by atomic mass is 16.5. The van der Waals surface area contributed by atoms with Crippen LogP contribution in [0.3, 0.4) is 0 Å². The van der Waals surface area contributed by atoms with E-state index in [1.807, 2.05) is 35.8 Å². The minimum atomic E-state index is -1.00. The first kappa shape index (κ1) is 36.7. The molecule has 0 spiro atoms. The lowest BCUT2D eigenvalue weighted by Crippen LogP contribution is -2.54. The summed E-state index contributed by atoms with van der Waals surface area (Å²) in [5.41, 5.74) is 3.18. The number of fused-ring (bicyclic) bond motifs is 2. The summed E-state index contributed by atoms with van der Waals surface area (Å²) >= 11 is 0. The van der Waals surface area contributed by atoms with Crippen molar-refractivity contribution in [1.29, 1.82) is 0 Å². The third kappa shape index (κ3) is 6.93. The van der Waals surface area contributed by atoms with E-state index in [1.165, 1.54) is 0 Å². The molecule has 290 valence electrons. The molecule has 56 heavy (non-hydrogen) atoms. The summed E-state index contributed by atoms with van der Waals surface area (Å²) in [4.78, 5) is 78.8. The lowest BCUT2D eigenvalue weighted by Gasteiger charge is -2.27. The first-order valence-corrected chi connectivity index (χ1v) is 19.1. The smallest absolute Gasteiger partial charge is 0.262 e. The lowest BCUT2D eigenvalue weighted by molar-refractivity contribution is -0.136. The fraction of sp³-hybridized carbons (Fsp3) is 0.410. The van der Waals surface area contributed by atoms with E-state index in [0.29, 0.717) is 86.3 Å². The van der Waals surface area contributed by atoms with Gasteiger partial charge in [-0.3, -0.25) is 39.1 Å². The van der Waals surface area contributed by atoms with Gasteiger partial charge in [0.05, 0.1) is 29.8 Å². The van der Waals surface area contributed by atoms with E-state index < -0.39 is 29.7 Å². The first-order valence-electron chi connectivity index (χ1n) is 19.1. The standard InChI is InChI=1S/C39H43N11O6/c1-3-47-22-42-46-35(47)29-8-4-9-31(43-29)49-21-28-27(37(49)53)20-32(48-16-5-7-23(48)2)44-34(28)41-15-18-56-17-6-14-40-24-10-11-25-26(19-24)39(55)50(38(25)54)30-12-13-33(51)45-36(30)52/h4,8-11,19-20,22-23,30,40H,3,5-7,12-18,21H2,1-2H3,(H,41,44)(H,45,51,52)/t23-,30?/m1/s1. The van der Waals surface area contributed by atoms with Gasteiger partial charge in [0.15, 0.2) is 5.82 Å². The van der Waals surface area contributed by atoms with Crippen molar-refractivity contribution in [1.82, 2.24) is 34.9 Å². The molecule has 0 radical (unpaired) electrons. The number of rotatable bonds is 14. The van der Waals surface area contributed by atoms with E-state index in [1.54, 1.807) is 29.4 Å². The first-order chi connectivity index (χ1) is 27.2. The summed E-state index contributed by atoms with van der Waals surface area (Å²) in [5, 5.41) is 17.2. The minimum absolute atomic E-state index is 0.0682. The molecular weight excluding hydrogens is 719 g/mol. The van der Waals surface area contributed by atoms with Crippen molar-refractivity contribution < 1.29 is 28.7 Å². The third-order valence-corrected chi connectivity index (χ3v) is 10.7. The lowest BCUT2D eigenvalue weighted by atomic mass is 10.0. The maximum absolute atomic E-state index is 14.0. The maximum atomic E-state index is 14.0. The molecule has 0 saturated carbocycles. The zero-order valence-corrected chi connectivity index (χ0v) is 31.3. The number of benzene rings is 1. The summed E-state index contributed by atoms with van der Waals surface area (Å²) in [6.45, 7) is 7.99. The number of anilines is 4. The van der Waals surface area contributed by atoms with E-state index in [0.717, 1.165) is 35.7 Å². The largest absolute Gasteiger partial charge is 0.385 e. The second-order valence-corrected chi connectivity index (χ2v) is 14.3. The zero-order chi connectivity index (χ0) is 38.9. The van der Waals surface area contributed by atoms with Crippen molar-refractivity contribution in [2.75, 3.05) is 53.3 Å². The van der Waals surface area contributed by atoms with Gasteiger partial charge in [-0.05, 0) is 75.9 Å². The van der Waals surface area contributed by atoms with E-state index >= 15 is 0 Å². The molecule has 2 saturated heterocycles. The Bertz CT molecular complexity index is 2220. The van der Waals surface area contributed by atoms with Gasteiger partial charge in [-0.25, -0.2) is 9.97 Å². The number of imide groups is 2. The van der Waals surface area contributed by atoms with E-state index in [4.69, 9.17) is 14.7 Å². The molecular formula is C39H43N11O6. The van der Waals surface area contributed by atoms with Crippen molar-refractivity contribution in [2.24, 2.45) is 0 Å². The predicted octanol–water partition coefficient (Wildman–Crippen LogP) is 3.24. The molecule has 4 aliphatic heterocycles. The number of piperidine rings is 1. The number of nitrogens with one attached hydrogen (secondary N) is 3. The van der Waals surface area contributed by atoms with Crippen LogP contribution in [0.1, 0.15) is 82.6 Å². The van der Waals surface area contributed by atoms with Crippen LogP contribution in [0.5, 0.6) is 0 Å². The van der Waals surface area contributed by atoms with E-state index in [-0.39, 0.29) is 29.9 Å². The van der Waals surface area contributed by atoms with Crippen molar-refractivity contribution >= 4 is 52.7 Å². The van der Waals surface area contributed by atoms with Crippen LogP contribution in [0, 0.1) is 0 Å². The highest BCUT2D eigenvalue weighted by molar-refractivity contribution is 6.23. The Morgan fingerprint density at radius 2 is 1.75 bits per heavy atom. The predicted molar refractivity (Wildman–Crippen MR) is 205 cm³/mol. The van der Waals surface area contributed by atoms with Gasteiger partial charge in [-0.15, -0.1) is 10.2 Å². The van der Waals surface area contributed by atoms with Crippen molar-refractivity contribution in [3.05, 3.63) is 71.0 Å². The van der Waals surface area contributed by atoms with Crippen LogP contribution >= 0.6 is 0 Å². The van der Waals surface area contributed by atoms with Crippen molar-refractivity contribution in [3.63, 3.8) is 0 Å². The molecule has 0 aliphatic carbocycles. The highest BCUT2D eigenvalue weighted by Crippen LogP contribution is 2.36. The number of ether oxygens (including phenoxy) is 1. The van der Waals surface area contributed by atoms with Crippen LogP contribution in [-0.4, -0.2) is 104 Å². The molecule has 5 amide bonds. The van der Waals surface area contributed by atoms with Crippen LogP contribution in [0.2, 0.25) is 0 Å². The average molecular weight is 762 g/mol. The fourth-order valence-electron chi connectivity index (χ4n) is 7.75. The van der Waals surface area contributed by atoms with Crippen LogP contribution in [0.15, 0.2) is 48.8 Å². The Hall–Kier alpha value is -6.23. The van der Waals surface area contributed by atoms with Gasteiger partial charge in [0, 0.05) is 56.5 Å². The van der Waals surface area contributed by atoms with Crippen LogP contribution in [0.4, 0.5) is 23.1 Å². The number of hydrogen-bond acceptors (Lipinski definition) is 13. The van der Waals surface area contributed by atoms with Gasteiger partial charge in [-0.2, -0.15) is 0 Å². The Balaban J connectivity index is 0.863. The number of carbonyl (C=O) groups excluding carboxylic acids is 5. The number of pyridine rings is 2. The molecule has 4 aliphatic rings. The Morgan fingerprint density at radius 3 is 2.55 bits per heavy atom. The third-order valence-electron chi connectivity index (χ3n) is 10.7. The monoisotopic (exact) mass is 761 g/mol. The minimum Gasteiger partial charge on any atom is -0.385 e. The normalized spacial score (nSPS) is 19.2. The molecule has 7 heterocycles. The van der Waals surface area contributed by atoms with Gasteiger partial charge in [0.25, 0.3) is 17.7 Å². The SMILES string of the molecule is CCn1cnnc1-c1cccc(N2Cc3c(cc(N4CCC[C@H]4C)nc3NCCOCCCNc3ccc4c(c3)C(=O)N(C3CCC(=O)NC3=O)C4=O)C2=O)n1. The average Bonchev–Trinajstić information content (AvgIpc) is 3.99. The molecule has 2 atom stereocenters. The number of amides is 5. The molecule has 0 bridgehead atoms. The summed E-state index contributed by atoms with van der Waals surface area (Å²) in [7, 11) is 0. The molecule has 1 unspecified atom stereocenters. The Kier molecular flexibility index (Phi) is 10.2. The van der Waals surface area contributed by atoms with E-state index in [2.05, 4.69) is 38.0 Å². The Morgan fingerprint density at radius 1 is 0.893 bits per heavy atom. The molecule has 17 heteroatoms. The van der Waals surface area contributed by atoms with Crippen LogP contribution in [-0.2, 0) is 27.4 Å². The van der Waals surface area contributed by atoms with Gasteiger partial charge in [0.2, 0.25) is 11.8 Å². The number of carbonyl (C=O) groups is 5. The Labute approximate surface area is 322 Å². The molecule has 4 aromatic rings. The van der Waals surface area contributed by atoms with Gasteiger partial charge < -0.3 is 24.8 Å². The second-order valence-electron chi connectivity index (χ2n) is 14.3. The summed E-state index contributed by atoms with van der Waals surface area (Å²) in [6, 6.07) is 11.7. The van der Waals surface area contributed by atoms with Gasteiger partial charge in [0.1, 0.15) is 35.5 Å². The van der Waals surface area contributed by atoms with E-state index in [9.17, 15) is 24.0 Å². The van der Waals surface area contributed by atoms with Crippen LogP contribution < -0.4 is 25.8 Å². The molecule has 1 aromatic carbocycles. The summed E-state index contributed by atoms with van der Waals surface area (Å²) in [6.07, 6.45) is 4.65. The molecule has 3 N–H and O–H groups in total. The summed E-state index contributed by atoms with van der Waals surface area (Å²) < 4.78 is 7.84. The highest BCUT2D eigenvalue weighted by Gasteiger charge is 2.44. The quantitative estimate of drug-likeness (QED) is 0.125. The summed E-state index contributed by atoms with van der Waals surface area (Å²) in [5.74, 6) is 0.337. The van der Waals surface area contributed by atoms with Crippen LogP contribution in [0.25, 0.3) is 11.5 Å². The number of nitrogens with zero attached hydrogens (tertiary/aromatic N) is 8. The second kappa shape index (κ2) is 15.5. The van der Waals surface area contributed by atoms with Crippen molar-refractivity contribution in [3.8, 4) is 11.5 Å². The molecule has 2 fully saturated rings. The number of aryl methyl sites for hydroxylation is 1. The topological polar surface area (TPSA) is 197 Å². The molecule has 8 rings (SSSR count). The maximum Gasteiger partial charge on any atom is 0.262 e. The fourth-order valence-corrected chi connectivity index (χ4v) is 7.75. The number of hydrogen-bond donors (Lipinski definition) is 3. The zero-order valence-electron chi connectivity index (χ0n) is 31.3.